The summed E-state index contributed by atoms with van der Waals surface area (Å²) in [6.07, 6.45) is 10.7. The maximum atomic E-state index is 13.8. The molecule has 0 aromatic heterocycles. The van der Waals surface area contributed by atoms with Crippen LogP contribution in [0.4, 0.5) is 5.69 Å². The van der Waals surface area contributed by atoms with Crippen LogP contribution in [0, 0.1) is 17.8 Å². The first-order valence-electron chi connectivity index (χ1n) is 15.4. The number of nitrogens with zero attached hydrogens (tertiary/aromatic N) is 2. The number of unbranched alkanes of at least 4 members (excludes halogenated alkanes) is 1. The summed E-state index contributed by atoms with van der Waals surface area (Å²) in [6, 6.07) is 14.2. The van der Waals surface area contributed by atoms with E-state index in [0.29, 0.717) is 17.3 Å². The largest absolute Gasteiger partial charge is 0.354 e. The molecule has 4 saturated carbocycles. The van der Waals surface area contributed by atoms with Gasteiger partial charge in [0.25, 0.3) is 0 Å². The molecule has 2 amide bonds. The van der Waals surface area contributed by atoms with E-state index in [2.05, 4.69) is 17.4 Å². The van der Waals surface area contributed by atoms with Crippen molar-refractivity contribution < 1.29 is 18.0 Å². The third kappa shape index (κ3) is 6.80. The van der Waals surface area contributed by atoms with Gasteiger partial charge in [-0.05, 0) is 110 Å². The Kier molecular flexibility index (Phi) is 9.24. The van der Waals surface area contributed by atoms with Gasteiger partial charge in [-0.25, -0.2) is 8.42 Å². The molecular weight excluding hydrogens is 570 g/mol. The van der Waals surface area contributed by atoms with Crippen LogP contribution in [0.25, 0.3) is 0 Å². The Morgan fingerprint density at radius 3 is 2.07 bits per heavy atom. The number of amides is 2. The van der Waals surface area contributed by atoms with Crippen molar-refractivity contribution in [3.8, 4) is 0 Å². The number of nitrogens with one attached hydrogen (secondary N) is 1. The summed E-state index contributed by atoms with van der Waals surface area (Å²) in [5.41, 5.74) is 2.76. The summed E-state index contributed by atoms with van der Waals surface area (Å²) in [5.74, 6) is 1.73. The van der Waals surface area contributed by atoms with E-state index in [-0.39, 0.29) is 17.9 Å². The molecule has 1 N–H and O–H groups in total. The average molecular weight is 614 g/mol. The van der Waals surface area contributed by atoms with Crippen LogP contribution in [0.1, 0.15) is 76.3 Å². The number of benzene rings is 2. The van der Waals surface area contributed by atoms with Gasteiger partial charge in [-0.1, -0.05) is 49.2 Å². The van der Waals surface area contributed by atoms with E-state index in [1.54, 1.807) is 19.1 Å². The number of hydrogen-bond donors (Lipinski definition) is 1. The number of sulfonamides is 1. The number of anilines is 1. The third-order valence-corrected chi connectivity index (χ3v) is 11.1. The second-order valence-corrected chi connectivity index (χ2v) is 15.3. The molecule has 228 valence electrons. The van der Waals surface area contributed by atoms with E-state index < -0.39 is 28.5 Å². The molecule has 42 heavy (non-hydrogen) atoms. The Bertz CT molecular complexity index is 1340. The van der Waals surface area contributed by atoms with E-state index in [1.807, 2.05) is 31.2 Å². The summed E-state index contributed by atoms with van der Waals surface area (Å²) in [4.78, 5) is 28.3. The second-order valence-electron chi connectivity index (χ2n) is 13.0. The molecule has 0 heterocycles. The van der Waals surface area contributed by atoms with Gasteiger partial charge in [-0.3, -0.25) is 13.9 Å². The van der Waals surface area contributed by atoms with Gasteiger partial charge in [0.05, 0.1) is 11.9 Å². The highest BCUT2D eigenvalue weighted by Gasteiger charge is 2.51. The zero-order valence-electron chi connectivity index (χ0n) is 25.0. The summed E-state index contributed by atoms with van der Waals surface area (Å²) in [7, 11) is -3.78. The van der Waals surface area contributed by atoms with E-state index in [4.69, 9.17) is 11.6 Å². The zero-order chi connectivity index (χ0) is 30.1. The van der Waals surface area contributed by atoms with Crippen LogP contribution in [0.3, 0.4) is 0 Å². The van der Waals surface area contributed by atoms with Crippen molar-refractivity contribution >= 4 is 39.1 Å². The standard InChI is InChI=1S/C33H44ClN3O4S/c1-4-5-14-35-32(39)23(2)36(21-24-6-10-29(34)11-7-24)31(38)22-37(42(3,40)41)30-12-8-28(9-13-30)33-18-25-15-26(19-33)17-27(16-25)20-33/h6-13,23,25-27H,4-5,14-22H2,1-3H3,(H,35,39). The molecule has 0 spiro atoms. The average Bonchev–Trinajstić information content (AvgIpc) is 2.94. The SMILES string of the molecule is CCCCNC(=O)C(C)N(Cc1ccc(Cl)cc1)C(=O)CN(c1ccc(C23CC4CC(CC(C4)C2)C3)cc1)S(C)(=O)=O. The van der Waals surface area contributed by atoms with Crippen molar-refractivity contribution in [3.63, 3.8) is 0 Å². The molecule has 4 fully saturated rings. The maximum absolute atomic E-state index is 13.8. The Morgan fingerprint density at radius 2 is 1.55 bits per heavy atom. The van der Waals surface area contributed by atoms with Crippen LogP contribution in [0.15, 0.2) is 48.5 Å². The maximum Gasteiger partial charge on any atom is 0.244 e. The monoisotopic (exact) mass is 613 g/mol. The highest BCUT2D eigenvalue weighted by Crippen LogP contribution is 2.60. The van der Waals surface area contributed by atoms with Crippen molar-refractivity contribution in [2.75, 3.05) is 23.7 Å². The van der Waals surface area contributed by atoms with Gasteiger partial charge in [0.1, 0.15) is 12.6 Å². The van der Waals surface area contributed by atoms with Gasteiger partial charge >= 0.3 is 0 Å². The fourth-order valence-electron chi connectivity index (χ4n) is 7.96. The first-order chi connectivity index (χ1) is 20.0. The molecule has 1 atom stereocenters. The molecule has 1 unspecified atom stereocenters. The Balaban J connectivity index is 1.36. The fraction of sp³-hybridized carbons (Fsp3) is 0.576. The van der Waals surface area contributed by atoms with Crippen molar-refractivity contribution in [1.82, 2.24) is 10.2 Å². The van der Waals surface area contributed by atoms with Crippen LogP contribution in [0.5, 0.6) is 0 Å². The Hall–Kier alpha value is -2.58. The minimum atomic E-state index is -3.78. The molecular formula is C33H44ClN3O4S. The molecule has 2 aromatic rings. The van der Waals surface area contributed by atoms with Crippen LogP contribution in [-0.4, -0.2) is 50.5 Å². The molecule has 4 aliphatic rings. The molecule has 4 bridgehead atoms. The molecule has 4 aliphatic carbocycles. The summed E-state index contributed by atoms with van der Waals surface area (Å²) >= 11 is 6.06. The van der Waals surface area contributed by atoms with Crippen molar-refractivity contribution in [3.05, 3.63) is 64.7 Å². The number of carbonyl (C=O) groups excluding carboxylic acids is 2. The minimum Gasteiger partial charge on any atom is -0.354 e. The molecule has 2 aromatic carbocycles. The number of carbonyl (C=O) groups is 2. The van der Waals surface area contributed by atoms with E-state index in [1.165, 1.54) is 49.0 Å². The highest BCUT2D eigenvalue weighted by atomic mass is 35.5. The van der Waals surface area contributed by atoms with Gasteiger partial charge in [0, 0.05) is 18.1 Å². The lowest BCUT2D eigenvalue weighted by atomic mass is 9.48. The van der Waals surface area contributed by atoms with Crippen LogP contribution >= 0.6 is 11.6 Å². The van der Waals surface area contributed by atoms with Gasteiger partial charge in [-0.15, -0.1) is 0 Å². The Labute approximate surface area is 256 Å². The molecule has 0 radical (unpaired) electrons. The lowest BCUT2D eigenvalue weighted by Crippen LogP contribution is -2.51. The highest BCUT2D eigenvalue weighted by molar-refractivity contribution is 7.92. The molecule has 7 nitrogen and oxygen atoms in total. The van der Waals surface area contributed by atoms with Gasteiger partial charge in [0.15, 0.2) is 0 Å². The molecule has 0 aliphatic heterocycles. The van der Waals surface area contributed by atoms with Crippen molar-refractivity contribution in [1.29, 1.82) is 0 Å². The number of rotatable bonds is 12. The predicted octanol–water partition coefficient (Wildman–Crippen LogP) is 5.91. The van der Waals surface area contributed by atoms with Gasteiger partial charge in [0.2, 0.25) is 21.8 Å². The fourth-order valence-corrected chi connectivity index (χ4v) is 8.94. The van der Waals surface area contributed by atoms with Crippen LogP contribution < -0.4 is 9.62 Å². The molecule has 0 saturated heterocycles. The molecule has 9 heteroatoms. The van der Waals surface area contributed by atoms with E-state index in [0.717, 1.165) is 46.7 Å². The van der Waals surface area contributed by atoms with Crippen LogP contribution in [-0.2, 0) is 31.6 Å². The zero-order valence-corrected chi connectivity index (χ0v) is 26.6. The number of hydrogen-bond acceptors (Lipinski definition) is 4. The first-order valence-corrected chi connectivity index (χ1v) is 17.6. The van der Waals surface area contributed by atoms with Gasteiger partial charge in [-0.2, -0.15) is 0 Å². The van der Waals surface area contributed by atoms with Crippen molar-refractivity contribution in [2.24, 2.45) is 17.8 Å². The normalized spacial score (nSPS) is 25.2. The van der Waals surface area contributed by atoms with Crippen LogP contribution in [0.2, 0.25) is 5.02 Å². The van der Waals surface area contributed by atoms with E-state index in [9.17, 15) is 18.0 Å². The molecule has 6 rings (SSSR count). The smallest absolute Gasteiger partial charge is 0.244 e. The van der Waals surface area contributed by atoms with Crippen molar-refractivity contribution in [2.45, 2.75) is 83.2 Å². The summed E-state index contributed by atoms with van der Waals surface area (Å²) in [6.45, 7) is 4.01. The third-order valence-electron chi connectivity index (χ3n) is 9.75. The lowest BCUT2D eigenvalue weighted by molar-refractivity contribution is -0.139. The number of halogens is 1. The van der Waals surface area contributed by atoms with E-state index >= 15 is 0 Å². The summed E-state index contributed by atoms with van der Waals surface area (Å²) in [5, 5.41) is 3.47. The minimum absolute atomic E-state index is 0.154. The second kappa shape index (κ2) is 12.6. The van der Waals surface area contributed by atoms with Gasteiger partial charge < -0.3 is 10.2 Å². The topological polar surface area (TPSA) is 86.8 Å². The lowest BCUT2D eigenvalue weighted by Gasteiger charge is -2.57. The quantitative estimate of drug-likeness (QED) is 0.302. The Morgan fingerprint density at radius 1 is 0.976 bits per heavy atom. The summed E-state index contributed by atoms with van der Waals surface area (Å²) < 4.78 is 27.2. The first kappa shape index (κ1) is 30.9. The predicted molar refractivity (Wildman–Crippen MR) is 168 cm³/mol.